The highest BCUT2D eigenvalue weighted by atomic mass is 35.5. The zero-order valence-electron chi connectivity index (χ0n) is 23.4. The quantitative estimate of drug-likeness (QED) is 0.289. The van der Waals surface area contributed by atoms with Crippen molar-refractivity contribution >= 4 is 23.5 Å². The molecule has 13 heteroatoms. The van der Waals surface area contributed by atoms with Crippen LogP contribution >= 0.6 is 11.6 Å². The summed E-state index contributed by atoms with van der Waals surface area (Å²) >= 11 is 6.32. The van der Waals surface area contributed by atoms with Crippen LogP contribution in [0.4, 0.5) is 10.6 Å². The third-order valence-corrected chi connectivity index (χ3v) is 7.12. The summed E-state index contributed by atoms with van der Waals surface area (Å²) in [6.07, 6.45) is 4.00. The number of tetrazole rings is 1. The average Bonchev–Trinajstić information content (AvgIpc) is 3.68. The normalized spacial score (nSPS) is 14.5. The van der Waals surface area contributed by atoms with Gasteiger partial charge in [-0.05, 0) is 92.9 Å². The number of carbonyl (C=O) groups excluding carboxylic acids is 1. The van der Waals surface area contributed by atoms with E-state index < -0.39 is 11.7 Å². The number of pyridine rings is 2. The van der Waals surface area contributed by atoms with Crippen LogP contribution in [0.3, 0.4) is 0 Å². The minimum atomic E-state index is -0.608. The Morgan fingerprint density at radius 2 is 1.98 bits per heavy atom. The molecule has 0 saturated carbocycles. The topological polar surface area (TPSA) is 146 Å². The first-order chi connectivity index (χ1) is 20.1. The third kappa shape index (κ3) is 5.40. The molecule has 1 aliphatic rings. The van der Waals surface area contributed by atoms with Gasteiger partial charge in [0.05, 0.1) is 17.4 Å². The molecule has 12 nitrogen and oxygen atoms in total. The second-order valence-corrected chi connectivity index (χ2v) is 11.5. The smallest absolute Gasteiger partial charge is 0.413 e. The van der Waals surface area contributed by atoms with Crippen molar-refractivity contribution in [2.24, 2.45) is 0 Å². The summed E-state index contributed by atoms with van der Waals surface area (Å²) < 4.78 is 8.62. The lowest BCUT2D eigenvalue weighted by Crippen LogP contribution is -2.27. The summed E-state index contributed by atoms with van der Waals surface area (Å²) in [5.41, 5.74) is 4.73. The minimum Gasteiger partial charge on any atom is -0.444 e. The average molecular weight is 586 g/mol. The van der Waals surface area contributed by atoms with E-state index in [9.17, 15) is 9.59 Å². The fraction of sp³-hybridized carbons (Fsp3) is 0.276. The van der Waals surface area contributed by atoms with Gasteiger partial charge in [-0.25, -0.2) is 14.8 Å². The van der Waals surface area contributed by atoms with Crippen molar-refractivity contribution in [2.75, 3.05) is 5.32 Å². The van der Waals surface area contributed by atoms with Crippen molar-refractivity contribution in [3.8, 4) is 28.1 Å². The Balaban J connectivity index is 1.27. The molecule has 1 amide bonds. The number of aryl methyl sites for hydroxylation is 2. The molecule has 1 atom stereocenters. The maximum absolute atomic E-state index is 13.5. The van der Waals surface area contributed by atoms with Crippen molar-refractivity contribution in [3.05, 3.63) is 87.6 Å². The van der Waals surface area contributed by atoms with Crippen molar-refractivity contribution < 1.29 is 9.53 Å². The summed E-state index contributed by atoms with van der Waals surface area (Å²) in [4.78, 5) is 38.2. The van der Waals surface area contributed by atoms with Gasteiger partial charge in [0.1, 0.15) is 23.6 Å². The largest absolute Gasteiger partial charge is 0.444 e. The van der Waals surface area contributed by atoms with E-state index in [4.69, 9.17) is 21.3 Å². The number of nitrogens with one attached hydrogen (secondary N) is 2. The van der Waals surface area contributed by atoms with E-state index in [1.165, 1.54) is 6.33 Å². The third-order valence-electron chi connectivity index (χ3n) is 6.88. The molecule has 42 heavy (non-hydrogen) atoms. The summed E-state index contributed by atoms with van der Waals surface area (Å²) in [7, 11) is 0. The fourth-order valence-corrected chi connectivity index (χ4v) is 5.33. The number of imidazole rings is 1. The highest BCUT2D eigenvalue weighted by Crippen LogP contribution is 2.35. The molecular weight excluding hydrogens is 558 g/mol. The van der Waals surface area contributed by atoms with Crippen LogP contribution in [0.2, 0.25) is 5.02 Å². The van der Waals surface area contributed by atoms with E-state index in [0.29, 0.717) is 23.1 Å². The number of hydrogen-bond donors (Lipinski definition) is 2. The zero-order valence-corrected chi connectivity index (χ0v) is 24.2. The van der Waals surface area contributed by atoms with E-state index in [2.05, 4.69) is 30.8 Å². The first-order valence-corrected chi connectivity index (χ1v) is 13.8. The maximum atomic E-state index is 13.5. The molecule has 0 unspecified atom stereocenters. The molecule has 0 bridgehead atoms. The number of nitrogens with zero attached hydrogens (tertiary/aromatic N) is 7. The highest BCUT2D eigenvalue weighted by Gasteiger charge is 2.29. The summed E-state index contributed by atoms with van der Waals surface area (Å²) in [5.74, 6) is 1.07. The van der Waals surface area contributed by atoms with Crippen LogP contribution in [0.5, 0.6) is 0 Å². The Morgan fingerprint density at radius 3 is 2.69 bits per heavy atom. The number of rotatable bonds is 5. The number of halogens is 1. The number of aromatic nitrogens is 8. The predicted octanol–water partition coefficient (Wildman–Crippen LogP) is 5.12. The Hall–Kier alpha value is -4.84. The molecule has 6 rings (SSSR count). The molecule has 5 heterocycles. The number of H-pyrrole nitrogens is 1. The number of amides is 1. The van der Waals surface area contributed by atoms with Crippen LogP contribution in [0.1, 0.15) is 50.4 Å². The van der Waals surface area contributed by atoms with Crippen LogP contribution < -0.4 is 10.9 Å². The number of anilines is 1. The SMILES string of the molecule is Cc1[nH]c([C@@H]2CCc3cc(-c4cc(Cl)ccc4-n4cnnn4)cc(=O)n32)nc1-c1ccc(NC(=O)OC(C)(C)C)nc1. The first-order valence-electron chi connectivity index (χ1n) is 13.4. The molecule has 0 fully saturated rings. The van der Waals surface area contributed by atoms with Gasteiger partial charge in [-0.3, -0.25) is 10.1 Å². The van der Waals surface area contributed by atoms with E-state index in [1.807, 2.05) is 25.1 Å². The van der Waals surface area contributed by atoms with Crippen LogP contribution in [0, 0.1) is 6.92 Å². The molecule has 2 N–H and O–H groups in total. The van der Waals surface area contributed by atoms with E-state index >= 15 is 0 Å². The van der Waals surface area contributed by atoms with Crippen molar-refractivity contribution in [1.82, 2.24) is 39.7 Å². The minimum absolute atomic E-state index is 0.137. The van der Waals surface area contributed by atoms with Gasteiger partial charge in [0, 0.05) is 39.8 Å². The first kappa shape index (κ1) is 27.3. The van der Waals surface area contributed by atoms with Gasteiger partial charge in [-0.15, -0.1) is 5.10 Å². The Kier molecular flexibility index (Phi) is 6.85. The zero-order chi connectivity index (χ0) is 29.6. The van der Waals surface area contributed by atoms with E-state index in [-0.39, 0.29) is 11.6 Å². The van der Waals surface area contributed by atoms with E-state index in [0.717, 1.165) is 45.9 Å². The Morgan fingerprint density at radius 1 is 1.14 bits per heavy atom. The number of hydrogen-bond acceptors (Lipinski definition) is 8. The molecule has 0 aliphatic carbocycles. The predicted molar refractivity (Wildman–Crippen MR) is 157 cm³/mol. The lowest BCUT2D eigenvalue weighted by atomic mass is 10.0. The van der Waals surface area contributed by atoms with Gasteiger partial charge < -0.3 is 14.3 Å². The fourth-order valence-electron chi connectivity index (χ4n) is 5.16. The van der Waals surface area contributed by atoms with Gasteiger partial charge >= 0.3 is 6.09 Å². The molecule has 4 aromatic heterocycles. The summed E-state index contributed by atoms with van der Waals surface area (Å²) in [6, 6.07) is 12.3. The molecule has 0 spiro atoms. The van der Waals surface area contributed by atoms with Gasteiger partial charge in [0.2, 0.25) is 0 Å². The Bertz CT molecular complexity index is 1840. The molecule has 1 aromatic carbocycles. The van der Waals surface area contributed by atoms with Crippen LogP contribution in [-0.2, 0) is 11.2 Å². The van der Waals surface area contributed by atoms with Crippen molar-refractivity contribution in [3.63, 3.8) is 0 Å². The molecule has 1 aliphatic heterocycles. The standard InChI is InChI=1S/C29H28ClN9O3/c1-16-26(17-5-10-24(31-14-17)34-28(41)42-29(2,3)4)35-27(33-16)23-9-7-20-11-18(12-25(40)39(20)23)21-13-19(30)6-8-22(21)38-15-32-36-37-38/h5-6,8,10-15,23H,7,9H2,1-4H3,(H,33,35)(H,31,34,41)/t23-/m0/s1. The Labute approximate surface area is 245 Å². The van der Waals surface area contributed by atoms with Crippen molar-refractivity contribution in [1.29, 1.82) is 0 Å². The second-order valence-electron chi connectivity index (χ2n) is 11.1. The van der Waals surface area contributed by atoms with Gasteiger partial charge in [-0.2, -0.15) is 4.68 Å². The van der Waals surface area contributed by atoms with Gasteiger partial charge in [-0.1, -0.05) is 11.6 Å². The lowest BCUT2D eigenvalue weighted by Gasteiger charge is -2.19. The number of carbonyl (C=O) groups is 1. The second kappa shape index (κ2) is 10.5. The number of fused-ring (bicyclic) bond motifs is 1. The number of ether oxygens (including phenoxy) is 1. The van der Waals surface area contributed by atoms with E-state index in [1.54, 1.807) is 60.5 Å². The maximum Gasteiger partial charge on any atom is 0.413 e. The van der Waals surface area contributed by atoms with Crippen LogP contribution in [0.15, 0.2) is 59.8 Å². The summed E-state index contributed by atoms with van der Waals surface area (Å²) in [5, 5.41) is 14.6. The molecule has 5 aromatic rings. The van der Waals surface area contributed by atoms with Crippen LogP contribution in [0.25, 0.3) is 28.1 Å². The highest BCUT2D eigenvalue weighted by molar-refractivity contribution is 6.31. The van der Waals surface area contributed by atoms with Crippen molar-refractivity contribution in [2.45, 2.75) is 52.2 Å². The van der Waals surface area contributed by atoms with Gasteiger partial charge in [0.25, 0.3) is 5.56 Å². The number of aromatic amines is 1. The number of benzene rings is 1. The van der Waals surface area contributed by atoms with Crippen LogP contribution in [-0.4, -0.2) is 51.4 Å². The molecule has 214 valence electrons. The molecular formula is C29H28ClN9O3. The van der Waals surface area contributed by atoms with Gasteiger partial charge in [0.15, 0.2) is 0 Å². The molecule has 0 saturated heterocycles. The molecule has 0 radical (unpaired) electrons. The summed E-state index contributed by atoms with van der Waals surface area (Å²) in [6.45, 7) is 7.32. The lowest BCUT2D eigenvalue weighted by molar-refractivity contribution is 0.0635. The monoisotopic (exact) mass is 585 g/mol.